The Morgan fingerprint density at radius 3 is 2.12 bits per heavy atom. The number of likely N-dealkylation sites (tertiary alicyclic amines) is 1. The molecule has 4 rings (SSSR count). The maximum Gasteiger partial charge on any atom is 0.278 e. The third-order valence-corrected chi connectivity index (χ3v) is 5.59. The summed E-state index contributed by atoms with van der Waals surface area (Å²) in [6.07, 6.45) is 7.14. The Balaban J connectivity index is 1.75. The lowest BCUT2D eigenvalue weighted by Crippen LogP contribution is -2.43. The van der Waals surface area contributed by atoms with Crippen LogP contribution in [0.2, 0.25) is 0 Å². The highest BCUT2D eigenvalue weighted by Gasteiger charge is 2.45. The number of amides is 2. The van der Waals surface area contributed by atoms with Crippen molar-refractivity contribution in [2.75, 3.05) is 13.1 Å². The van der Waals surface area contributed by atoms with Gasteiger partial charge in [-0.3, -0.25) is 14.5 Å². The summed E-state index contributed by atoms with van der Waals surface area (Å²) in [5, 5.41) is 0. The Morgan fingerprint density at radius 1 is 0.840 bits per heavy atom. The largest absolute Gasteiger partial charge is 0.366 e. The van der Waals surface area contributed by atoms with Gasteiger partial charge in [-0.05, 0) is 43.4 Å². The summed E-state index contributed by atoms with van der Waals surface area (Å²) in [6, 6.07) is 5.92. The number of halogens is 1. The molecule has 1 aliphatic carbocycles. The van der Waals surface area contributed by atoms with Gasteiger partial charge < -0.3 is 4.90 Å². The molecule has 2 fully saturated rings. The van der Waals surface area contributed by atoms with Crippen molar-refractivity contribution in [1.82, 2.24) is 9.80 Å². The van der Waals surface area contributed by atoms with Crippen molar-refractivity contribution in [3.05, 3.63) is 41.3 Å². The zero-order valence-corrected chi connectivity index (χ0v) is 14.3. The summed E-state index contributed by atoms with van der Waals surface area (Å²) in [7, 11) is 0. The van der Waals surface area contributed by atoms with Crippen LogP contribution in [0, 0.1) is 5.82 Å². The Labute approximate surface area is 147 Å². The van der Waals surface area contributed by atoms with Gasteiger partial charge in [-0.15, -0.1) is 0 Å². The minimum Gasteiger partial charge on any atom is -0.366 e. The molecule has 2 heterocycles. The molecular weight excluding hydrogens is 319 g/mol. The number of carbonyl (C=O) groups excluding carboxylic acids is 2. The van der Waals surface area contributed by atoms with Gasteiger partial charge in [0.25, 0.3) is 11.8 Å². The maximum atomic E-state index is 13.3. The molecule has 0 aromatic heterocycles. The van der Waals surface area contributed by atoms with Gasteiger partial charge in [-0.25, -0.2) is 4.39 Å². The Bertz CT molecular complexity index is 714. The minimum absolute atomic E-state index is 0.00398. The first-order valence-corrected chi connectivity index (χ1v) is 9.30. The van der Waals surface area contributed by atoms with Gasteiger partial charge in [0.1, 0.15) is 11.5 Å². The van der Waals surface area contributed by atoms with Crippen LogP contribution in [0.5, 0.6) is 0 Å². The normalized spacial score (nSPS) is 22.4. The highest BCUT2D eigenvalue weighted by atomic mass is 19.1. The second-order valence-electron chi connectivity index (χ2n) is 7.20. The molecule has 2 amide bonds. The highest BCUT2D eigenvalue weighted by Crippen LogP contribution is 2.37. The molecule has 0 radical (unpaired) electrons. The molecule has 3 aliphatic rings. The van der Waals surface area contributed by atoms with Gasteiger partial charge in [0, 0.05) is 19.1 Å². The standard InChI is InChI=1S/C20H23FN2O2/c21-15-10-8-14(9-11-15)17-18(22-12-4-5-13-22)20(25)23(19(17)24)16-6-2-1-3-7-16/h8-11,16H,1-7,12-13H2. The summed E-state index contributed by atoms with van der Waals surface area (Å²) in [6.45, 7) is 1.61. The molecule has 1 aromatic rings. The van der Waals surface area contributed by atoms with Crippen molar-refractivity contribution in [1.29, 1.82) is 0 Å². The molecule has 1 aromatic carbocycles. The van der Waals surface area contributed by atoms with Crippen LogP contribution in [0.1, 0.15) is 50.5 Å². The van der Waals surface area contributed by atoms with E-state index in [9.17, 15) is 14.0 Å². The molecule has 132 valence electrons. The van der Waals surface area contributed by atoms with Gasteiger partial charge in [-0.1, -0.05) is 31.4 Å². The summed E-state index contributed by atoms with van der Waals surface area (Å²) in [4.78, 5) is 29.9. The van der Waals surface area contributed by atoms with Gasteiger partial charge in [0.05, 0.1) is 5.57 Å². The molecule has 0 unspecified atom stereocenters. The quantitative estimate of drug-likeness (QED) is 0.791. The molecule has 1 saturated heterocycles. The van der Waals surface area contributed by atoms with Crippen molar-refractivity contribution >= 4 is 17.4 Å². The molecule has 0 spiro atoms. The first kappa shape index (κ1) is 16.3. The third kappa shape index (κ3) is 2.86. The number of benzene rings is 1. The van der Waals surface area contributed by atoms with Crippen LogP contribution in [0.15, 0.2) is 30.0 Å². The summed E-state index contributed by atoms with van der Waals surface area (Å²) >= 11 is 0. The lowest BCUT2D eigenvalue weighted by atomic mass is 9.94. The lowest BCUT2D eigenvalue weighted by molar-refractivity contribution is -0.140. The fourth-order valence-electron chi connectivity index (χ4n) is 4.32. The van der Waals surface area contributed by atoms with Crippen LogP contribution in [0.25, 0.3) is 5.57 Å². The van der Waals surface area contributed by atoms with E-state index in [1.807, 2.05) is 4.90 Å². The topological polar surface area (TPSA) is 40.6 Å². The monoisotopic (exact) mass is 342 g/mol. The molecule has 4 nitrogen and oxygen atoms in total. The molecule has 25 heavy (non-hydrogen) atoms. The van der Waals surface area contributed by atoms with Crippen LogP contribution < -0.4 is 0 Å². The predicted octanol–water partition coefficient (Wildman–Crippen LogP) is 3.33. The first-order valence-electron chi connectivity index (χ1n) is 9.30. The summed E-state index contributed by atoms with van der Waals surface area (Å²) in [5.74, 6) is -0.698. The SMILES string of the molecule is O=C1C(c2ccc(F)cc2)=C(N2CCCC2)C(=O)N1C1CCCCC1. The van der Waals surface area contributed by atoms with E-state index in [0.717, 1.165) is 51.6 Å². The van der Waals surface area contributed by atoms with Crippen molar-refractivity contribution in [3.63, 3.8) is 0 Å². The maximum absolute atomic E-state index is 13.3. The van der Waals surface area contributed by atoms with Gasteiger partial charge in [-0.2, -0.15) is 0 Å². The van der Waals surface area contributed by atoms with E-state index in [4.69, 9.17) is 0 Å². The van der Waals surface area contributed by atoms with Crippen LogP contribution in [-0.4, -0.2) is 40.7 Å². The Hall–Kier alpha value is -2.17. The number of imide groups is 1. The van der Waals surface area contributed by atoms with Crippen LogP contribution in [0.4, 0.5) is 4.39 Å². The summed E-state index contributed by atoms with van der Waals surface area (Å²) in [5.41, 5.74) is 1.62. The molecule has 2 aliphatic heterocycles. The van der Waals surface area contributed by atoms with Crippen molar-refractivity contribution in [2.24, 2.45) is 0 Å². The van der Waals surface area contributed by atoms with Crippen molar-refractivity contribution in [3.8, 4) is 0 Å². The van der Waals surface area contributed by atoms with Crippen LogP contribution in [0.3, 0.4) is 0 Å². The van der Waals surface area contributed by atoms with Gasteiger partial charge in [0.15, 0.2) is 0 Å². The second-order valence-corrected chi connectivity index (χ2v) is 7.20. The van der Waals surface area contributed by atoms with E-state index in [-0.39, 0.29) is 23.7 Å². The van der Waals surface area contributed by atoms with Crippen LogP contribution >= 0.6 is 0 Å². The van der Waals surface area contributed by atoms with E-state index in [2.05, 4.69) is 0 Å². The smallest absolute Gasteiger partial charge is 0.278 e. The summed E-state index contributed by atoms with van der Waals surface area (Å²) < 4.78 is 13.3. The van der Waals surface area contributed by atoms with Gasteiger partial charge >= 0.3 is 0 Å². The molecule has 0 N–H and O–H groups in total. The van der Waals surface area contributed by atoms with E-state index in [1.165, 1.54) is 23.5 Å². The van der Waals surface area contributed by atoms with E-state index in [1.54, 1.807) is 12.1 Å². The fraction of sp³-hybridized carbons (Fsp3) is 0.500. The lowest BCUT2D eigenvalue weighted by Gasteiger charge is -2.30. The van der Waals surface area contributed by atoms with Crippen molar-refractivity contribution in [2.45, 2.75) is 51.0 Å². The highest BCUT2D eigenvalue weighted by molar-refractivity contribution is 6.35. The molecule has 5 heteroatoms. The zero-order chi connectivity index (χ0) is 17.4. The van der Waals surface area contributed by atoms with E-state index >= 15 is 0 Å². The number of hydrogen-bond donors (Lipinski definition) is 0. The number of hydrogen-bond acceptors (Lipinski definition) is 3. The zero-order valence-electron chi connectivity index (χ0n) is 14.3. The fourth-order valence-corrected chi connectivity index (χ4v) is 4.32. The Morgan fingerprint density at radius 2 is 1.48 bits per heavy atom. The molecule has 1 saturated carbocycles. The average molecular weight is 342 g/mol. The van der Waals surface area contributed by atoms with Crippen LogP contribution in [-0.2, 0) is 9.59 Å². The first-order chi connectivity index (χ1) is 12.2. The third-order valence-electron chi connectivity index (χ3n) is 5.59. The predicted molar refractivity (Wildman–Crippen MR) is 92.9 cm³/mol. The number of nitrogens with zero attached hydrogens (tertiary/aromatic N) is 2. The average Bonchev–Trinajstić information content (AvgIpc) is 3.23. The Kier molecular flexibility index (Phi) is 4.32. The van der Waals surface area contributed by atoms with E-state index < -0.39 is 0 Å². The number of rotatable bonds is 3. The molecular formula is C20H23FN2O2. The molecule has 0 atom stereocenters. The number of carbonyl (C=O) groups is 2. The molecule has 0 bridgehead atoms. The van der Waals surface area contributed by atoms with Gasteiger partial charge in [0.2, 0.25) is 0 Å². The van der Waals surface area contributed by atoms with E-state index in [0.29, 0.717) is 16.8 Å². The second kappa shape index (κ2) is 6.62. The minimum atomic E-state index is -0.340. The van der Waals surface area contributed by atoms with Crippen molar-refractivity contribution < 1.29 is 14.0 Å².